The van der Waals surface area contributed by atoms with E-state index in [4.69, 9.17) is 23.2 Å². The van der Waals surface area contributed by atoms with Gasteiger partial charge in [-0.2, -0.15) is 4.58 Å². The van der Waals surface area contributed by atoms with Gasteiger partial charge in [0.05, 0.1) is 6.42 Å². The summed E-state index contributed by atoms with van der Waals surface area (Å²) < 4.78 is 1.77. The summed E-state index contributed by atoms with van der Waals surface area (Å²) in [6.45, 7) is 0. The Labute approximate surface area is 84.2 Å². The highest BCUT2D eigenvalue weighted by atomic mass is 35.5. The predicted octanol–water partition coefficient (Wildman–Crippen LogP) is 1.76. The van der Waals surface area contributed by atoms with E-state index in [0.29, 0.717) is 11.6 Å². The summed E-state index contributed by atoms with van der Waals surface area (Å²) in [5, 5.41) is 1.85. The van der Waals surface area contributed by atoms with Gasteiger partial charge in [-0.05, 0) is 23.4 Å². The molecule has 2 nitrogen and oxygen atoms in total. The van der Waals surface area contributed by atoms with Gasteiger partial charge in [0.15, 0.2) is 6.20 Å². The van der Waals surface area contributed by atoms with Crippen molar-refractivity contribution < 1.29 is 9.37 Å². The van der Waals surface area contributed by atoms with Gasteiger partial charge in [0, 0.05) is 5.41 Å². The molecule has 0 amide bonds. The number of alkyl halides is 1. The largest absolute Gasteiger partial charge is 0.289 e. The van der Waals surface area contributed by atoms with E-state index < -0.39 is 5.38 Å². The van der Waals surface area contributed by atoms with Gasteiger partial charge >= 0.3 is 0 Å². The maximum absolute atomic E-state index is 11.4. The molecule has 64 valence electrons. The number of carbonyl (C=O) groups excluding carboxylic acids is 1. The number of fused-ring (bicyclic) bond motifs is 1. The first-order chi connectivity index (χ1) is 5.70. The van der Waals surface area contributed by atoms with Gasteiger partial charge in [-0.3, -0.25) is 4.79 Å². The molecule has 2 aliphatic rings. The molecule has 0 aliphatic carbocycles. The Hall–Kier alpha value is 0.01000. The molecular weight excluding hydrogens is 217 g/mol. The number of hydrogen-bond acceptors (Lipinski definition) is 2. The van der Waals surface area contributed by atoms with Crippen LogP contribution >= 0.6 is 35.0 Å². The van der Waals surface area contributed by atoms with Crippen LogP contribution in [0.3, 0.4) is 0 Å². The summed E-state index contributed by atoms with van der Waals surface area (Å²) in [6.07, 6.45) is 2.27. The normalized spacial score (nSPS) is 34.3. The standard InChI is InChI=1S/C7H6Cl2NOS/c8-4-3-5(9)10-1-2-12-7(10)6(4)11/h1-2,4,7H,3H2/q+1. The van der Waals surface area contributed by atoms with Gasteiger partial charge in [0.2, 0.25) is 5.78 Å². The fraction of sp³-hybridized carbons (Fsp3) is 0.429. The summed E-state index contributed by atoms with van der Waals surface area (Å²) in [4.78, 5) is 11.4. The van der Waals surface area contributed by atoms with Gasteiger partial charge in [-0.1, -0.05) is 0 Å². The van der Waals surface area contributed by atoms with Gasteiger partial charge in [0.1, 0.15) is 5.38 Å². The average Bonchev–Trinajstić information content (AvgIpc) is 2.48. The van der Waals surface area contributed by atoms with Gasteiger partial charge in [-0.25, -0.2) is 0 Å². The van der Waals surface area contributed by atoms with Crippen molar-refractivity contribution in [2.45, 2.75) is 17.2 Å². The third kappa shape index (κ3) is 1.20. The minimum absolute atomic E-state index is 0.0519. The first-order valence-corrected chi connectivity index (χ1v) is 5.25. The average molecular weight is 223 g/mol. The molecule has 0 aromatic rings. The topological polar surface area (TPSA) is 20.1 Å². The van der Waals surface area contributed by atoms with Crippen LogP contribution in [0.25, 0.3) is 0 Å². The van der Waals surface area contributed by atoms with Crippen molar-refractivity contribution in [1.29, 1.82) is 0 Å². The van der Waals surface area contributed by atoms with Crippen LogP contribution in [0.4, 0.5) is 0 Å². The van der Waals surface area contributed by atoms with Crippen LogP contribution < -0.4 is 0 Å². The second-order valence-electron chi connectivity index (χ2n) is 2.63. The molecule has 0 saturated carbocycles. The lowest BCUT2D eigenvalue weighted by molar-refractivity contribution is -0.456. The van der Waals surface area contributed by atoms with Crippen molar-refractivity contribution in [3.05, 3.63) is 11.6 Å². The number of thioether (sulfide) groups is 1. The number of carbonyl (C=O) groups is 1. The molecule has 0 N–H and O–H groups in total. The first kappa shape index (κ1) is 8.60. The molecule has 0 radical (unpaired) electrons. The van der Waals surface area contributed by atoms with E-state index in [-0.39, 0.29) is 11.2 Å². The summed E-state index contributed by atoms with van der Waals surface area (Å²) in [6, 6.07) is 0. The van der Waals surface area contributed by atoms with Crippen LogP contribution in [0, 0.1) is 0 Å². The third-order valence-electron chi connectivity index (χ3n) is 1.86. The highest BCUT2D eigenvalue weighted by Crippen LogP contribution is 2.30. The lowest BCUT2D eigenvalue weighted by Gasteiger charge is -2.15. The minimum Gasteiger partial charge on any atom is -0.289 e. The van der Waals surface area contributed by atoms with Crippen molar-refractivity contribution >= 4 is 45.9 Å². The molecule has 2 rings (SSSR count). The molecule has 0 spiro atoms. The Morgan fingerprint density at radius 1 is 1.67 bits per heavy atom. The molecule has 2 unspecified atom stereocenters. The minimum atomic E-state index is -0.453. The Kier molecular flexibility index (Phi) is 2.19. The number of ketones is 1. The van der Waals surface area contributed by atoms with Gasteiger partial charge in [0.25, 0.3) is 10.5 Å². The predicted molar refractivity (Wildman–Crippen MR) is 50.9 cm³/mol. The maximum atomic E-state index is 11.4. The molecule has 2 aliphatic heterocycles. The van der Waals surface area contributed by atoms with E-state index in [1.165, 1.54) is 11.8 Å². The zero-order chi connectivity index (χ0) is 8.72. The van der Waals surface area contributed by atoms with Crippen LogP contribution in [0.2, 0.25) is 0 Å². The van der Waals surface area contributed by atoms with Crippen molar-refractivity contribution in [3.63, 3.8) is 0 Å². The Morgan fingerprint density at radius 2 is 2.42 bits per heavy atom. The van der Waals surface area contributed by atoms with Crippen LogP contribution in [-0.4, -0.2) is 26.3 Å². The Balaban J connectivity index is 2.40. The number of rotatable bonds is 0. The lowest BCUT2D eigenvalue weighted by Crippen LogP contribution is -2.40. The van der Waals surface area contributed by atoms with Crippen molar-refractivity contribution in [1.82, 2.24) is 0 Å². The molecule has 0 bridgehead atoms. The second kappa shape index (κ2) is 3.05. The molecule has 0 aromatic carbocycles. The zero-order valence-corrected chi connectivity index (χ0v) is 8.36. The number of Topliss-reactive ketones (excluding diaryl/α,β-unsaturated/α-hetero) is 1. The molecule has 2 atom stereocenters. The van der Waals surface area contributed by atoms with Crippen LogP contribution in [0.1, 0.15) is 6.42 Å². The summed E-state index contributed by atoms with van der Waals surface area (Å²) >= 11 is 13.2. The van der Waals surface area contributed by atoms with Crippen LogP contribution in [0.15, 0.2) is 11.6 Å². The SMILES string of the molecule is O=C1C(Cl)CC(Cl)=[N+]2C=CSC12. The number of hydrogen-bond donors (Lipinski definition) is 0. The summed E-state index contributed by atoms with van der Waals surface area (Å²) in [5.74, 6) is 0.0519. The van der Waals surface area contributed by atoms with E-state index in [0.717, 1.165) is 0 Å². The molecule has 2 heterocycles. The lowest BCUT2D eigenvalue weighted by atomic mass is 10.1. The summed E-state index contributed by atoms with van der Waals surface area (Å²) in [7, 11) is 0. The molecule has 0 fully saturated rings. The van der Waals surface area contributed by atoms with E-state index >= 15 is 0 Å². The molecule has 5 heteroatoms. The number of nitrogens with zero attached hydrogens (tertiary/aromatic N) is 1. The fourth-order valence-electron chi connectivity index (χ4n) is 1.24. The fourth-order valence-corrected chi connectivity index (χ4v) is 3.00. The van der Waals surface area contributed by atoms with Crippen LogP contribution in [-0.2, 0) is 4.79 Å². The van der Waals surface area contributed by atoms with E-state index in [2.05, 4.69) is 0 Å². The van der Waals surface area contributed by atoms with E-state index in [1.807, 2.05) is 11.6 Å². The molecule has 12 heavy (non-hydrogen) atoms. The third-order valence-corrected chi connectivity index (χ3v) is 3.58. The Morgan fingerprint density at radius 3 is 3.17 bits per heavy atom. The highest BCUT2D eigenvalue weighted by Gasteiger charge is 2.43. The maximum Gasteiger partial charge on any atom is 0.269 e. The van der Waals surface area contributed by atoms with E-state index in [1.54, 1.807) is 4.58 Å². The smallest absolute Gasteiger partial charge is 0.269 e. The zero-order valence-electron chi connectivity index (χ0n) is 6.04. The van der Waals surface area contributed by atoms with Gasteiger partial charge < -0.3 is 0 Å². The molecule has 0 aromatic heterocycles. The van der Waals surface area contributed by atoms with E-state index in [9.17, 15) is 4.79 Å². The molecule has 0 saturated heterocycles. The highest BCUT2D eigenvalue weighted by molar-refractivity contribution is 8.03. The quantitative estimate of drug-likeness (QED) is 0.460. The van der Waals surface area contributed by atoms with Crippen LogP contribution in [0.5, 0.6) is 0 Å². The second-order valence-corrected chi connectivity index (χ2v) is 4.59. The van der Waals surface area contributed by atoms with Crippen molar-refractivity contribution in [2.75, 3.05) is 0 Å². The first-order valence-electron chi connectivity index (χ1n) is 3.50. The molecular formula is C7H6Cl2NOS+. The summed E-state index contributed by atoms with van der Waals surface area (Å²) in [5.41, 5.74) is 0. The van der Waals surface area contributed by atoms with Crippen molar-refractivity contribution in [2.24, 2.45) is 0 Å². The van der Waals surface area contributed by atoms with Crippen molar-refractivity contribution in [3.8, 4) is 0 Å². The Bertz CT molecular complexity index is 300. The number of halogens is 2. The monoisotopic (exact) mass is 222 g/mol. The van der Waals surface area contributed by atoms with Gasteiger partial charge in [-0.15, -0.1) is 11.6 Å².